The molecule has 2 rings (SSSR count). The van der Waals surface area contributed by atoms with E-state index in [1.165, 1.54) is 0 Å². The maximum atomic E-state index is 12.1. The van der Waals surface area contributed by atoms with Crippen molar-refractivity contribution in [1.29, 1.82) is 0 Å². The van der Waals surface area contributed by atoms with Gasteiger partial charge in [0.25, 0.3) is 5.91 Å². The number of hydrogen-bond donors (Lipinski definition) is 2. The van der Waals surface area contributed by atoms with E-state index in [0.717, 1.165) is 0 Å². The molecule has 1 amide bonds. The van der Waals surface area contributed by atoms with Gasteiger partial charge in [0.1, 0.15) is 0 Å². The summed E-state index contributed by atoms with van der Waals surface area (Å²) in [6, 6.07) is 8.81. The fraction of sp³-hybridized carbons (Fsp3) is 0.333. The van der Waals surface area contributed by atoms with Crippen molar-refractivity contribution < 1.29 is 4.79 Å². The van der Waals surface area contributed by atoms with Gasteiger partial charge in [-0.2, -0.15) is 5.21 Å². The smallest absolute Gasteiger partial charge is 0.251 e. The Morgan fingerprint density at radius 2 is 2.00 bits per heavy atom. The molecule has 1 aromatic heterocycles. The van der Waals surface area contributed by atoms with E-state index in [1.54, 1.807) is 12.1 Å². The third-order valence-electron chi connectivity index (χ3n) is 2.63. The number of carbonyl (C=O) groups is 1. The molecule has 0 saturated heterocycles. The van der Waals surface area contributed by atoms with Crippen molar-refractivity contribution in [3.8, 4) is 0 Å². The molecule has 0 saturated carbocycles. The minimum atomic E-state index is -0.253. The van der Waals surface area contributed by atoms with Gasteiger partial charge < -0.3 is 5.32 Å². The fourth-order valence-electron chi connectivity index (χ4n) is 1.64. The van der Waals surface area contributed by atoms with Crippen LogP contribution in [0.4, 0.5) is 0 Å². The predicted octanol–water partition coefficient (Wildman–Crippen LogP) is 1.33. The number of H-pyrrole nitrogens is 1. The summed E-state index contributed by atoms with van der Waals surface area (Å²) in [6.45, 7) is 3.98. The third kappa shape index (κ3) is 2.71. The third-order valence-corrected chi connectivity index (χ3v) is 2.63. The molecule has 1 heterocycles. The Balaban J connectivity index is 2.13. The molecule has 94 valence electrons. The van der Waals surface area contributed by atoms with E-state index in [9.17, 15) is 4.79 Å². The molecule has 1 unspecified atom stereocenters. The lowest BCUT2D eigenvalue weighted by Crippen LogP contribution is -2.32. The average Bonchev–Trinajstić information content (AvgIpc) is 2.90. The van der Waals surface area contributed by atoms with Crippen molar-refractivity contribution >= 4 is 5.91 Å². The number of carbonyl (C=O) groups excluding carboxylic acids is 1. The second kappa shape index (κ2) is 5.39. The minimum Gasteiger partial charge on any atom is -0.342 e. The molecule has 0 radical (unpaired) electrons. The van der Waals surface area contributed by atoms with Crippen LogP contribution in [-0.2, 0) is 0 Å². The Hall–Kier alpha value is -2.24. The van der Waals surface area contributed by atoms with E-state index in [4.69, 9.17) is 0 Å². The molecule has 0 spiro atoms. The highest BCUT2D eigenvalue weighted by atomic mass is 16.1. The van der Waals surface area contributed by atoms with Crippen molar-refractivity contribution in [2.45, 2.75) is 19.9 Å². The molecule has 6 heteroatoms. The van der Waals surface area contributed by atoms with Crippen LogP contribution in [0.2, 0.25) is 0 Å². The van der Waals surface area contributed by atoms with Gasteiger partial charge in [-0.3, -0.25) is 4.79 Å². The second-order valence-corrected chi connectivity index (χ2v) is 4.33. The number of tetrazole rings is 1. The van der Waals surface area contributed by atoms with Gasteiger partial charge in [0, 0.05) is 5.56 Å². The molecule has 0 aliphatic heterocycles. The molecular weight excluding hydrogens is 230 g/mol. The quantitative estimate of drug-likeness (QED) is 0.851. The zero-order chi connectivity index (χ0) is 13.0. The van der Waals surface area contributed by atoms with E-state index in [0.29, 0.717) is 11.4 Å². The van der Waals surface area contributed by atoms with Gasteiger partial charge in [-0.15, -0.1) is 10.2 Å². The standard InChI is InChI=1S/C12H15N5O/c1-8(2)10(11-14-16-17-15-11)13-12(18)9-6-4-3-5-7-9/h3-8,10H,1-2H3,(H,13,18)(H,14,15,16,17). The van der Waals surface area contributed by atoms with E-state index in [2.05, 4.69) is 25.9 Å². The number of rotatable bonds is 4. The summed E-state index contributed by atoms with van der Waals surface area (Å²) in [5.41, 5.74) is 0.617. The van der Waals surface area contributed by atoms with Crippen molar-refractivity contribution in [3.63, 3.8) is 0 Å². The van der Waals surface area contributed by atoms with E-state index >= 15 is 0 Å². The van der Waals surface area contributed by atoms with Crippen LogP contribution in [0.1, 0.15) is 36.1 Å². The van der Waals surface area contributed by atoms with Gasteiger partial charge in [0.2, 0.25) is 0 Å². The van der Waals surface area contributed by atoms with Gasteiger partial charge in [0.05, 0.1) is 6.04 Å². The first-order valence-electron chi connectivity index (χ1n) is 5.77. The molecule has 0 bridgehead atoms. The number of hydrogen-bond acceptors (Lipinski definition) is 4. The Morgan fingerprint density at radius 3 is 2.56 bits per heavy atom. The maximum absolute atomic E-state index is 12.1. The molecule has 0 fully saturated rings. The van der Waals surface area contributed by atoms with Crippen LogP contribution >= 0.6 is 0 Å². The number of nitrogens with zero attached hydrogens (tertiary/aromatic N) is 3. The highest BCUT2D eigenvalue weighted by Gasteiger charge is 2.22. The Morgan fingerprint density at radius 1 is 1.28 bits per heavy atom. The Labute approximate surface area is 105 Å². The number of amides is 1. The normalized spacial score (nSPS) is 12.4. The first-order chi connectivity index (χ1) is 8.68. The summed E-state index contributed by atoms with van der Waals surface area (Å²) in [7, 11) is 0. The van der Waals surface area contributed by atoms with Crippen LogP contribution in [0, 0.1) is 5.92 Å². The van der Waals surface area contributed by atoms with Gasteiger partial charge >= 0.3 is 0 Å². The molecule has 0 aliphatic carbocycles. The average molecular weight is 245 g/mol. The second-order valence-electron chi connectivity index (χ2n) is 4.33. The molecular formula is C12H15N5O. The molecule has 2 N–H and O–H groups in total. The summed E-state index contributed by atoms with van der Waals surface area (Å²) >= 11 is 0. The summed E-state index contributed by atoms with van der Waals surface area (Å²) in [4.78, 5) is 12.1. The highest BCUT2D eigenvalue weighted by molar-refractivity contribution is 5.94. The molecule has 2 aromatic rings. The zero-order valence-corrected chi connectivity index (χ0v) is 10.3. The maximum Gasteiger partial charge on any atom is 0.251 e. The summed E-state index contributed by atoms with van der Waals surface area (Å²) in [5.74, 6) is 0.531. The zero-order valence-electron chi connectivity index (χ0n) is 10.3. The predicted molar refractivity (Wildman–Crippen MR) is 65.7 cm³/mol. The van der Waals surface area contributed by atoms with Crippen LogP contribution in [0.25, 0.3) is 0 Å². The van der Waals surface area contributed by atoms with Gasteiger partial charge in [-0.1, -0.05) is 37.3 Å². The molecule has 1 atom stereocenters. The van der Waals surface area contributed by atoms with E-state index in [1.807, 2.05) is 32.0 Å². The summed E-state index contributed by atoms with van der Waals surface area (Å²) < 4.78 is 0. The monoisotopic (exact) mass is 245 g/mol. The largest absolute Gasteiger partial charge is 0.342 e. The fourth-order valence-corrected chi connectivity index (χ4v) is 1.64. The topological polar surface area (TPSA) is 83.6 Å². The van der Waals surface area contributed by atoms with Crippen LogP contribution in [0.15, 0.2) is 30.3 Å². The van der Waals surface area contributed by atoms with Crippen molar-refractivity contribution in [3.05, 3.63) is 41.7 Å². The lowest BCUT2D eigenvalue weighted by atomic mass is 10.0. The Bertz CT molecular complexity index is 494. The van der Waals surface area contributed by atoms with Gasteiger partial charge in [0.15, 0.2) is 5.82 Å². The summed E-state index contributed by atoms with van der Waals surface area (Å²) in [6.07, 6.45) is 0. The number of benzene rings is 1. The van der Waals surface area contributed by atoms with Crippen LogP contribution in [0.5, 0.6) is 0 Å². The molecule has 18 heavy (non-hydrogen) atoms. The van der Waals surface area contributed by atoms with Crippen LogP contribution in [-0.4, -0.2) is 26.5 Å². The van der Waals surface area contributed by atoms with Gasteiger partial charge in [-0.05, 0) is 18.1 Å². The van der Waals surface area contributed by atoms with Crippen molar-refractivity contribution in [2.75, 3.05) is 0 Å². The molecule has 1 aromatic carbocycles. The van der Waals surface area contributed by atoms with Crippen LogP contribution in [0.3, 0.4) is 0 Å². The highest BCUT2D eigenvalue weighted by Crippen LogP contribution is 2.17. The lowest BCUT2D eigenvalue weighted by Gasteiger charge is -2.18. The van der Waals surface area contributed by atoms with E-state index < -0.39 is 0 Å². The first kappa shape index (κ1) is 12.2. The summed E-state index contributed by atoms with van der Waals surface area (Å²) in [5, 5.41) is 16.7. The molecule has 6 nitrogen and oxygen atoms in total. The SMILES string of the molecule is CC(C)C(NC(=O)c1ccccc1)c1nn[nH]n1. The Kier molecular flexibility index (Phi) is 3.66. The van der Waals surface area contributed by atoms with Gasteiger partial charge in [-0.25, -0.2) is 0 Å². The van der Waals surface area contributed by atoms with Crippen molar-refractivity contribution in [2.24, 2.45) is 5.92 Å². The lowest BCUT2D eigenvalue weighted by molar-refractivity contribution is 0.0923. The number of aromatic amines is 1. The van der Waals surface area contributed by atoms with Crippen molar-refractivity contribution in [1.82, 2.24) is 25.9 Å². The minimum absolute atomic E-state index is 0.140. The molecule has 0 aliphatic rings. The number of aromatic nitrogens is 4. The van der Waals surface area contributed by atoms with Crippen LogP contribution < -0.4 is 5.32 Å². The van der Waals surface area contributed by atoms with E-state index in [-0.39, 0.29) is 17.9 Å². The first-order valence-corrected chi connectivity index (χ1v) is 5.77. The number of nitrogens with one attached hydrogen (secondary N) is 2.